The molecular weight excluding hydrogens is 321 g/mol. The lowest BCUT2D eigenvalue weighted by atomic mass is 10.1. The highest BCUT2D eigenvalue weighted by Crippen LogP contribution is 2.19. The molecule has 0 fully saturated rings. The summed E-state index contributed by atoms with van der Waals surface area (Å²) in [7, 11) is -4.01. The molecule has 0 amide bonds. The van der Waals surface area contributed by atoms with E-state index in [2.05, 4.69) is 4.72 Å². The average Bonchev–Trinajstić information content (AvgIpc) is 2.54. The van der Waals surface area contributed by atoms with Crippen LogP contribution >= 0.6 is 0 Å². The Morgan fingerprint density at radius 2 is 1.74 bits per heavy atom. The molecular formula is C16H16FNO4S. The van der Waals surface area contributed by atoms with E-state index in [0.29, 0.717) is 5.56 Å². The number of esters is 1. The third-order valence-corrected chi connectivity index (χ3v) is 4.49. The number of carbonyl (C=O) groups is 1. The molecule has 1 atom stereocenters. The lowest BCUT2D eigenvalue weighted by Gasteiger charge is -2.17. The molecule has 0 radical (unpaired) electrons. The van der Waals surface area contributed by atoms with Gasteiger partial charge in [0, 0.05) is 0 Å². The van der Waals surface area contributed by atoms with Crippen LogP contribution in [0.3, 0.4) is 0 Å². The first-order valence-electron chi connectivity index (χ1n) is 6.93. The van der Waals surface area contributed by atoms with Crippen LogP contribution in [-0.4, -0.2) is 21.0 Å². The van der Waals surface area contributed by atoms with E-state index in [1.54, 1.807) is 37.3 Å². The van der Waals surface area contributed by atoms with Crippen molar-refractivity contribution in [1.29, 1.82) is 0 Å². The summed E-state index contributed by atoms with van der Waals surface area (Å²) in [6, 6.07) is 11.5. The molecule has 23 heavy (non-hydrogen) atoms. The highest BCUT2D eigenvalue weighted by atomic mass is 32.2. The second kappa shape index (κ2) is 7.34. The number of benzene rings is 2. The number of halogens is 1. The van der Waals surface area contributed by atoms with Crippen LogP contribution in [0.2, 0.25) is 0 Å². The summed E-state index contributed by atoms with van der Waals surface area (Å²) in [5.74, 6) is -1.25. The molecule has 0 aliphatic carbocycles. The molecule has 0 bridgehead atoms. The van der Waals surface area contributed by atoms with Crippen molar-refractivity contribution in [2.75, 3.05) is 6.61 Å². The van der Waals surface area contributed by atoms with Crippen LogP contribution in [0.25, 0.3) is 0 Å². The Kier molecular flexibility index (Phi) is 5.46. The quantitative estimate of drug-likeness (QED) is 0.822. The third kappa shape index (κ3) is 4.37. The fraction of sp³-hybridized carbons (Fsp3) is 0.188. The first kappa shape index (κ1) is 17.1. The van der Waals surface area contributed by atoms with Gasteiger partial charge in [-0.15, -0.1) is 0 Å². The van der Waals surface area contributed by atoms with Crippen LogP contribution in [0.1, 0.15) is 18.5 Å². The molecule has 0 spiro atoms. The Balaban J connectivity index is 2.33. The van der Waals surface area contributed by atoms with E-state index in [1.165, 1.54) is 0 Å². The molecule has 7 heteroatoms. The van der Waals surface area contributed by atoms with E-state index in [1.807, 2.05) is 0 Å². The first-order valence-corrected chi connectivity index (χ1v) is 8.42. The maximum Gasteiger partial charge on any atom is 0.328 e. The number of ether oxygens (including phenoxy) is 1. The standard InChI is InChI=1S/C16H16FNO4S/c1-2-22-16(19)15(12-6-4-3-5-7-12)18-23(20,21)14-10-8-13(17)9-11-14/h3-11,15,18H,2H2,1H3/t15-/m1/s1. The summed E-state index contributed by atoms with van der Waals surface area (Å²) < 4.78 is 45.0. The summed E-state index contributed by atoms with van der Waals surface area (Å²) in [4.78, 5) is 12.0. The highest BCUT2D eigenvalue weighted by Gasteiger charge is 2.28. The Bertz CT molecular complexity index is 760. The van der Waals surface area contributed by atoms with Crippen LogP contribution in [0.4, 0.5) is 4.39 Å². The topological polar surface area (TPSA) is 72.5 Å². The van der Waals surface area contributed by atoms with Gasteiger partial charge in [0.15, 0.2) is 0 Å². The van der Waals surface area contributed by atoms with Gasteiger partial charge in [0.25, 0.3) is 0 Å². The zero-order chi connectivity index (χ0) is 16.9. The lowest BCUT2D eigenvalue weighted by Crippen LogP contribution is -2.35. The Labute approximate surface area is 134 Å². The van der Waals surface area contributed by atoms with Crippen molar-refractivity contribution in [3.63, 3.8) is 0 Å². The molecule has 1 N–H and O–H groups in total. The Morgan fingerprint density at radius 3 is 2.30 bits per heavy atom. The van der Waals surface area contributed by atoms with E-state index in [-0.39, 0.29) is 11.5 Å². The number of sulfonamides is 1. The molecule has 0 aromatic heterocycles. The second-order valence-corrected chi connectivity index (χ2v) is 6.38. The number of hydrogen-bond donors (Lipinski definition) is 1. The molecule has 2 aromatic rings. The van der Waals surface area contributed by atoms with Crippen molar-refractivity contribution >= 4 is 16.0 Å². The summed E-state index contributed by atoms with van der Waals surface area (Å²) in [6.45, 7) is 1.76. The number of carbonyl (C=O) groups excluding carboxylic acids is 1. The first-order chi connectivity index (χ1) is 10.9. The number of rotatable bonds is 6. The normalized spacial score (nSPS) is 12.6. The Hall–Kier alpha value is -2.25. The molecule has 0 aliphatic rings. The van der Waals surface area contributed by atoms with Gasteiger partial charge in [-0.1, -0.05) is 30.3 Å². The predicted octanol–water partition coefficient (Wildman–Crippen LogP) is 2.41. The second-order valence-electron chi connectivity index (χ2n) is 4.67. The monoisotopic (exact) mass is 337 g/mol. The number of nitrogens with one attached hydrogen (secondary N) is 1. The van der Waals surface area contributed by atoms with Gasteiger partial charge in [-0.3, -0.25) is 0 Å². The summed E-state index contributed by atoms with van der Waals surface area (Å²) in [5.41, 5.74) is 0.455. The van der Waals surface area contributed by atoms with Crippen LogP contribution in [-0.2, 0) is 19.6 Å². The summed E-state index contributed by atoms with van der Waals surface area (Å²) in [5, 5.41) is 0. The zero-order valence-corrected chi connectivity index (χ0v) is 13.2. The lowest BCUT2D eigenvalue weighted by molar-refractivity contribution is -0.145. The van der Waals surface area contributed by atoms with Crippen molar-refractivity contribution in [3.05, 3.63) is 66.0 Å². The molecule has 0 aliphatic heterocycles. The molecule has 0 saturated heterocycles. The fourth-order valence-corrected chi connectivity index (χ4v) is 3.13. The van der Waals surface area contributed by atoms with Gasteiger partial charge in [0.05, 0.1) is 11.5 Å². The smallest absolute Gasteiger partial charge is 0.328 e. The molecule has 5 nitrogen and oxygen atoms in total. The van der Waals surface area contributed by atoms with Gasteiger partial charge in [-0.25, -0.2) is 17.6 Å². The Morgan fingerprint density at radius 1 is 1.13 bits per heavy atom. The molecule has 2 rings (SSSR count). The van der Waals surface area contributed by atoms with Gasteiger partial charge >= 0.3 is 5.97 Å². The van der Waals surface area contributed by atoms with Crippen molar-refractivity contribution < 1.29 is 22.3 Å². The predicted molar refractivity (Wildman–Crippen MR) is 82.5 cm³/mol. The SMILES string of the molecule is CCOC(=O)[C@H](NS(=O)(=O)c1ccc(F)cc1)c1ccccc1. The van der Waals surface area contributed by atoms with Crippen LogP contribution in [0.15, 0.2) is 59.5 Å². The van der Waals surface area contributed by atoms with Gasteiger partial charge < -0.3 is 4.74 Å². The van der Waals surface area contributed by atoms with Gasteiger partial charge in [-0.05, 0) is 36.8 Å². The van der Waals surface area contributed by atoms with Gasteiger partial charge in [0.2, 0.25) is 10.0 Å². The molecule has 2 aromatic carbocycles. The van der Waals surface area contributed by atoms with Crippen LogP contribution in [0.5, 0.6) is 0 Å². The molecule has 0 heterocycles. The minimum absolute atomic E-state index is 0.125. The van der Waals surface area contributed by atoms with Crippen LogP contribution < -0.4 is 4.72 Å². The fourth-order valence-electron chi connectivity index (χ4n) is 1.96. The number of hydrogen-bond acceptors (Lipinski definition) is 4. The van der Waals surface area contributed by atoms with E-state index < -0.39 is 27.9 Å². The molecule has 0 saturated carbocycles. The van der Waals surface area contributed by atoms with E-state index >= 15 is 0 Å². The maximum atomic E-state index is 12.9. The largest absolute Gasteiger partial charge is 0.465 e. The van der Waals surface area contributed by atoms with Crippen molar-refractivity contribution in [1.82, 2.24) is 4.72 Å². The van der Waals surface area contributed by atoms with E-state index in [9.17, 15) is 17.6 Å². The molecule has 0 unspecified atom stereocenters. The van der Waals surface area contributed by atoms with Crippen molar-refractivity contribution in [3.8, 4) is 0 Å². The zero-order valence-electron chi connectivity index (χ0n) is 12.4. The van der Waals surface area contributed by atoms with E-state index in [0.717, 1.165) is 24.3 Å². The average molecular weight is 337 g/mol. The minimum atomic E-state index is -4.01. The molecule has 122 valence electrons. The maximum absolute atomic E-state index is 12.9. The van der Waals surface area contributed by atoms with Crippen molar-refractivity contribution in [2.24, 2.45) is 0 Å². The van der Waals surface area contributed by atoms with Gasteiger partial charge in [-0.2, -0.15) is 4.72 Å². The summed E-state index contributed by atoms with van der Waals surface area (Å²) >= 11 is 0. The van der Waals surface area contributed by atoms with Crippen LogP contribution in [0, 0.1) is 5.82 Å². The van der Waals surface area contributed by atoms with Gasteiger partial charge in [0.1, 0.15) is 11.9 Å². The minimum Gasteiger partial charge on any atom is -0.465 e. The summed E-state index contributed by atoms with van der Waals surface area (Å²) in [6.07, 6.45) is 0. The van der Waals surface area contributed by atoms with E-state index in [4.69, 9.17) is 4.74 Å². The third-order valence-electron chi connectivity index (χ3n) is 3.05. The van der Waals surface area contributed by atoms with Crippen molar-refractivity contribution in [2.45, 2.75) is 17.9 Å². The highest BCUT2D eigenvalue weighted by molar-refractivity contribution is 7.89.